The second-order valence-electron chi connectivity index (χ2n) is 3.77. The Labute approximate surface area is 96.9 Å². The fraction of sp³-hybridized carbons (Fsp3) is 0.600. The van der Waals surface area contributed by atoms with Crippen LogP contribution in [0.1, 0.15) is 22.7 Å². The number of hydrogen-bond acceptors (Lipinski definition) is 4. The Morgan fingerprint density at radius 2 is 2.53 bits per heavy atom. The summed E-state index contributed by atoms with van der Waals surface area (Å²) in [4.78, 5) is 16.6. The first-order valence-corrected chi connectivity index (χ1v) is 6.71. The number of rotatable bonds is 3. The molecule has 0 aromatic carbocycles. The maximum atomic E-state index is 11.3. The Hall–Kier alpha value is -0.550. The van der Waals surface area contributed by atoms with E-state index in [1.165, 1.54) is 0 Å². The van der Waals surface area contributed by atoms with Gasteiger partial charge in [0.05, 0.1) is 5.01 Å². The molecule has 0 amide bonds. The zero-order valence-electron chi connectivity index (χ0n) is 8.52. The fourth-order valence-corrected chi connectivity index (χ4v) is 4.20. The molecule has 1 unspecified atom stereocenters. The van der Waals surface area contributed by atoms with Gasteiger partial charge < -0.3 is 5.11 Å². The molecule has 15 heavy (non-hydrogen) atoms. The minimum absolute atomic E-state index is 0.584. The van der Waals surface area contributed by atoms with E-state index in [2.05, 4.69) is 4.98 Å². The number of aromatic nitrogens is 1. The fourth-order valence-electron chi connectivity index (χ4n) is 1.85. The van der Waals surface area contributed by atoms with Crippen LogP contribution >= 0.6 is 23.1 Å². The van der Waals surface area contributed by atoms with Gasteiger partial charge in [0.1, 0.15) is 4.75 Å². The van der Waals surface area contributed by atoms with Gasteiger partial charge in [0.2, 0.25) is 0 Å². The molecule has 1 fully saturated rings. The van der Waals surface area contributed by atoms with E-state index in [1.807, 2.05) is 13.1 Å². The van der Waals surface area contributed by atoms with Crippen molar-refractivity contribution in [2.45, 2.75) is 30.9 Å². The number of carboxylic acid groups (broad SMARTS) is 1. The lowest BCUT2D eigenvalue weighted by atomic mass is 9.99. The van der Waals surface area contributed by atoms with Crippen LogP contribution in [-0.2, 0) is 11.2 Å². The Morgan fingerprint density at radius 3 is 3.00 bits per heavy atom. The highest BCUT2D eigenvalue weighted by Crippen LogP contribution is 2.41. The van der Waals surface area contributed by atoms with Crippen LogP contribution in [0.3, 0.4) is 0 Å². The normalized spacial score (nSPS) is 25.7. The lowest BCUT2D eigenvalue weighted by Crippen LogP contribution is -2.34. The van der Waals surface area contributed by atoms with Gasteiger partial charge >= 0.3 is 5.97 Å². The van der Waals surface area contributed by atoms with E-state index in [9.17, 15) is 9.90 Å². The van der Waals surface area contributed by atoms with E-state index in [0.29, 0.717) is 6.42 Å². The smallest absolute Gasteiger partial charge is 0.320 e. The van der Waals surface area contributed by atoms with Gasteiger partial charge in [-0.2, -0.15) is 0 Å². The number of nitrogens with zero attached hydrogens (tertiary/aromatic N) is 1. The van der Waals surface area contributed by atoms with Crippen molar-refractivity contribution >= 4 is 29.1 Å². The van der Waals surface area contributed by atoms with Crippen molar-refractivity contribution in [1.82, 2.24) is 4.98 Å². The van der Waals surface area contributed by atoms with Crippen LogP contribution < -0.4 is 0 Å². The van der Waals surface area contributed by atoms with Gasteiger partial charge in [0.25, 0.3) is 0 Å². The summed E-state index contributed by atoms with van der Waals surface area (Å²) in [6.45, 7) is 1.95. The van der Waals surface area contributed by atoms with E-state index in [4.69, 9.17) is 0 Å². The van der Waals surface area contributed by atoms with Crippen LogP contribution in [0, 0.1) is 6.92 Å². The molecular weight excluding hydrogens is 230 g/mol. The second-order valence-corrected chi connectivity index (χ2v) is 6.57. The second kappa shape index (κ2) is 4.14. The Balaban J connectivity index is 2.17. The third-order valence-electron chi connectivity index (χ3n) is 2.62. The van der Waals surface area contributed by atoms with Crippen molar-refractivity contribution in [2.75, 3.05) is 5.75 Å². The van der Waals surface area contributed by atoms with Crippen LogP contribution in [-0.4, -0.2) is 26.6 Å². The number of thioether (sulfide) groups is 1. The van der Waals surface area contributed by atoms with Gasteiger partial charge in [-0.3, -0.25) is 4.79 Å². The highest BCUT2D eigenvalue weighted by atomic mass is 32.2. The predicted molar refractivity (Wildman–Crippen MR) is 62.6 cm³/mol. The van der Waals surface area contributed by atoms with Crippen LogP contribution in [0.25, 0.3) is 0 Å². The molecule has 1 atom stereocenters. The molecule has 3 nitrogen and oxygen atoms in total. The molecule has 0 aliphatic carbocycles. The van der Waals surface area contributed by atoms with Crippen molar-refractivity contribution in [3.05, 3.63) is 16.1 Å². The standard InChI is InChI=1S/C10H13NO2S2/c1-7-11-6-8(15-7)5-10(9(12)13)3-2-4-14-10/h6H,2-5H2,1H3,(H,12,13). The largest absolute Gasteiger partial charge is 0.480 e. The van der Waals surface area contributed by atoms with Crippen LogP contribution in [0.4, 0.5) is 0 Å². The number of thiazole rings is 1. The molecule has 2 rings (SSSR count). The average Bonchev–Trinajstić information content (AvgIpc) is 2.77. The topological polar surface area (TPSA) is 50.2 Å². The Morgan fingerprint density at radius 1 is 1.73 bits per heavy atom. The zero-order chi connectivity index (χ0) is 10.9. The number of carbonyl (C=O) groups is 1. The van der Waals surface area contributed by atoms with Gasteiger partial charge in [-0.15, -0.1) is 23.1 Å². The molecule has 0 bridgehead atoms. The summed E-state index contributed by atoms with van der Waals surface area (Å²) in [7, 11) is 0. The molecule has 1 aromatic heterocycles. The third-order valence-corrected chi connectivity index (χ3v) is 5.10. The van der Waals surface area contributed by atoms with Crippen molar-refractivity contribution in [3.8, 4) is 0 Å². The first-order chi connectivity index (χ1) is 7.12. The molecule has 0 radical (unpaired) electrons. The monoisotopic (exact) mass is 243 g/mol. The number of aliphatic carboxylic acids is 1. The van der Waals surface area contributed by atoms with E-state index in [-0.39, 0.29) is 0 Å². The molecule has 1 aromatic rings. The van der Waals surface area contributed by atoms with Crippen molar-refractivity contribution in [2.24, 2.45) is 0 Å². The highest BCUT2D eigenvalue weighted by Gasteiger charge is 2.42. The van der Waals surface area contributed by atoms with E-state index < -0.39 is 10.7 Å². The molecule has 5 heteroatoms. The maximum absolute atomic E-state index is 11.3. The molecule has 1 aliphatic rings. The predicted octanol–water partition coefficient (Wildman–Crippen LogP) is 2.34. The Kier molecular flexibility index (Phi) is 3.02. The number of aryl methyl sites for hydroxylation is 1. The molecule has 1 aliphatic heterocycles. The summed E-state index contributed by atoms with van der Waals surface area (Å²) >= 11 is 3.18. The highest BCUT2D eigenvalue weighted by molar-refractivity contribution is 8.01. The van der Waals surface area contributed by atoms with E-state index >= 15 is 0 Å². The lowest BCUT2D eigenvalue weighted by molar-refractivity contribution is -0.139. The number of carboxylic acids is 1. The molecular formula is C10H13NO2S2. The zero-order valence-corrected chi connectivity index (χ0v) is 10.2. The molecule has 82 valence electrons. The van der Waals surface area contributed by atoms with Crippen LogP contribution in [0.5, 0.6) is 0 Å². The Bertz CT molecular complexity index is 369. The summed E-state index contributed by atoms with van der Waals surface area (Å²) in [5, 5.41) is 10.3. The maximum Gasteiger partial charge on any atom is 0.320 e. The van der Waals surface area contributed by atoms with Crippen LogP contribution in [0.15, 0.2) is 6.20 Å². The van der Waals surface area contributed by atoms with Crippen molar-refractivity contribution < 1.29 is 9.90 Å². The number of hydrogen-bond donors (Lipinski definition) is 1. The first kappa shape index (κ1) is 11.0. The van der Waals surface area contributed by atoms with Gasteiger partial charge in [-0.1, -0.05) is 0 Å². The summed E-state index contributed by atoms with van der Waals surface area (Å²) < 4.78 is -0.584. The molecule has 0 saturated carbocycles. The lowest BCUT2D eigenvalue weighted by Gasteiger charge is -2.21. The summed E-state index contributed by atoms with van der Waals surface area (Å²) in [5.74, 6) is 0.292. The molecule has 1 N–H and O–H groups in total. The quantitative estimate of drug-likeness (QED) is 0.885. The average molecular weight is 243 g/mol. The van der Waals surface area contributed by atoms with Crippen molar-refractivity contribution in [3.63, 3.8) is 0 Å². The van der Waals surface area contributed by atoms with Gasteiger partial charge in [-0.05, 0) is 25.5 Å². The summed E-state index contributed by atoms with van der Waals surface area (Å²) in [6, 6.07) is 0. The van der Waals surface area contributed by atoms with Gasteiger partial charge in [-0.25, -0.2) is 4.98 Å². The van der Waals surface area contributed by atoms with Crippen LogP contribution in [0.2, 0.25) is 0 Å². The minimum Gasteiger partial charge on any atom is -0.480 e. The summed E-state index contributed by atoms with van der Waals surface area (Å²) in [6.07, 6.45) is 4.22. The SMILES string of the molecule is Cc1ncc(CC2(C(=O)O)CCCS2)s1. The van der Waals surface area contributed by atoms with E-state index in [1.54, 1.807) is 23.1 Å². The van der Waals surface area contributed by atoms with Gasteiger partial charge in [0.15, 0.2) is 0 Å². The first-order valence-electron chi connectivity index (χ1n) is 4.91. The van der Waals surface area contributed by atoms with Crippen molar-refractivity contribution in [1.29, 1.82) is 0 Å². The molecule has 0 spiro atoms. The van der Waals surface area contributed by atoms with Gasteiger partial charge in [0, 0.05) is 17.5 Å². The minimum atomic E-state index is -0.670. The molecule has 1 saturated heterocycles. The summed E-state index contributed by atoms with van der Waals surface area (Å²) in [5.41, 5.74) is 0. The molecule has 2 heterocycles. The third kappa shape index (κ3) is 2.18. The van der Waals surface area contributed by atoms with E-state index in [0.717, 1.165) is 28.5 Å².